The van der Waals surface area contributed by atoms with Crippen molar-refractivity contribution in [2.75, 3.05) is 11.5 Å². The van der Waals surface area contributed by atoms with Gasteiger partial charge in [0.1, 0.15) is 0 Å². The highest BCUT2D eigenvalue weighted by molar-refractivity contribution is 8.00. The summed E-state index contributed by atoms with van der Waals surface area (Å²) in [6.45, 7) is 0. The topological polar surface area (TPSA) is 62.8 Å². The number of aromatic nitrogens is 2. The fourth-order valence-electron chi connectivity index (χ4n) is 1.55. The van der Waals surface area contributed by atoms with Crippen LogP contribution in [-0.4, -0.2) is 25.7 Å². The van der Waals surface area contributed by atoms with Crippen LogP contribution in [0.25, 0.3) is 0 Å². The van der Waals surface area contributed by atoms with Crippen molar-refractivity contribution in [2.45, 2.75) is 16.2 Å². The number of hydrogen-bond donors (Lipinski definition) is 1. The Kier molecular flexibility index (Phi) is 5.41. The Labute approximate surface area is 130 Å². The lowest BCUT2D eigenvalue weighted by molar-refractivity contribution is -0.141. The number of H-pyrrole nitrogens is 1. The second kappa shape index (κ2) is 7.10. The molecule has 9 heteroatoms. The van der Waals surface area contributed by atoms with E-state index in [1.165, 1.54) is 0 Å². The average Bonchev–Trinajstić information content (AvgIpc) is 2.46. The van der Waals surface area contributed by atoms with Crippen LogP contribution in [-0.2, 0) is 17.0 Å². The van der Waals surface area contributed by atoms with Crippen molar-refractivity contribution < 1.29 is 17.4 Å². The van der Waals surface area contributed by atoms with Crippen LogP contribution in [0.1, 0.15) is 5.69 Å². The highest BCUT2D eigenvalue weighted by atomic mass is 32.2. The third-order valence-electron chi connectivity index (χ3n) is 2.52. The number of nitrogens with one attached hydrogen (secondary N) is 1. The van der Waals surface area contributed by atoms with E-state index in [0.717, 1.165) is 11.8 Å². The second-order valence-corrected chi connectivity index (χ2v) is 6.80. The fraction of sp³-hybridized carbons (Fsp3) is 0.231. The summed E-state index contributed by atoms with van der Waals surface area (Å²) in [5.74, 6) is 0.514. The number of halogens is 3. The SMILES string of the molecule is O=c1cc(C(F)(F)F)nc(SCC[S@](=O)c2ccccc2)[nH]1. The van der Waals surface area contributed by atoms with E-state index in [9.17, 15) is 22.2 Å². The highest BCUT2D eigenvalue weighted by Crippen LogP contribution is 2.27. The summed E-state index contributed by atoms with van der Waals surface area (Å²) < 4.78 is 49.6. The van der Waals surface area contributed by atoms with Crippen LogP contribution in [0.2, 0.25) is 0 Å². The number of thioether (sulfide) groups is 1. The molecule has 0 amide bonds. The molecule has 0 aliphatic carbocycles. The first-order valence-corrected chi connectivity index (χ1v) is 8.41. The first kappa shape index (κ1) is 16.8. The molecule has 0 saturated heterocycles. The van der Waals surface area contributed by atoms with Crippen LogP contribution < -0.4 is 5.56 Å². The van der Waals surface area contributed by atoms with Crippen molar-refractivity contribution in [3.05, 3.63) is 52.4 Å². The molecule has 4 nitrogen and oxygen atoms in total. The van der Waals surface area contributed by atoms with Crippen LogP contribution in [0.3, 0.4) is 0 Å². The van der Waals surface area contributed by atoms with E-state index >= 15 is 0 Å². The molecular formula is C13H11F3N2O2S2. The maximum atomic E-state index is 12.5. The predicted octanol–water partition coefficient (Wildman–Crippen LogP) is 2.69. The molecule has 1 atom stereocenters. The van der Waals surface area contributed by atoms with Gasteiger partial charge in [-0.3, -0.25) is 9.00 Å². The van der Waals surface area contributed by atoms with Gasteiger partial charge in [-0.1, -0.05) is 30.0 Å². The van der Waals surface area contributed by atoms with Gasteiger partial charge in [0.15, 0.2) is 10.9 Å². The summed E-state index contributed by atoms with van der Waals surface area (Å²) in [7, 11) is -1.25. The Hall–Kier alpha value is -1.61. The molecule has 1 N–H and O–H groups in total. The molecule has 22 heavy (non-hydrogen) atoms. The zero-order valence-electron chi connectivity index (χ0n) is 11.1. The van der Waals surface area contributed by atoms with E-state index in [0.29, 0.717) is 11.0 Å². The molecule has 0 bridgehead atoms. The van der Waals surface area contributed by atoms with Crippen LogP contribution in [0.15, 0.2) is 51.2 Å². The van der Waals surface area contributed by atoms with Gasteiger partial charge in [-0.05, 0) is 12.1 Å². The average molecular weight is 348 g/mol. The lowest BCUT2D eigenvalue weighted by atomic mass is 10.4. The van der Waals surface area contributed by atoms with Crippen molar-refractivity contribution >= 4 is 22.6 Å². The van der Waals surface area contributed by atoms with Crippen molar-refractivity contribution in [2.24, 2.45) is 0 Å². The van der Waals surface area contributed by atoms with Crippen LogP contribution in [0, 0.1) is 0 Å². The number of aromatic amines is 1. The summed E-state index contributed by atoms with van der Waals surface area (Å²) in [5.41, 5.74) is -2.10. The minimum Gasteiger partial charge on any atom is -0.301 e. The molecule has 0 radical (unpaired) electrons. The third-order valence-corrected chi connectivity index (χ3v) is 5.03. The first-order chi connectivity index (χ1) is 10.4. The van der Waals surface area contributed by atoms with Gasteiger partial charge in [-0.25, -0.2) is 4.98 Å². The Balaban J connectivity index is 1.99. The second-order valence-electron chi connectivity index (χ2n) is 4.14. The van der Waals surface area contributed by atoms with E-state index in [1.54, 1.807) is 30.3 Å². The Morgan fingerprint density at radius 2 is 1.91 bits per heavy atom. The number of hydrogen-bond acceptors (Lipinski definition) is 4. The summed E-state index contributed by atoms with van der Waals surface area (Å²) >= 11 is 0.928. The largest absolute Gasteiger partial charge is 0.433 e. The van der Waals surface area contributed by atoms with Gasteiger partial charge in [-0.2, -0.15) is 13.2 Å². The van der Waals surface area contributed by atoms with E-state index < -0.39 is 28.2 Å². The molecule has 0 aliphatic rings. The van der Waals surface area contributed by atoms with Crippen molar-refractivity contribution in [1.82, 2.24) is 9.97 Å². The van der Waals surface area contributed by atoms with Gasteiger partial charge in [0, 0.05) is 22.5 Å². The maximum Gasteiger partial charge on any atom is 0.433 e. The predicted molar refractivity (Wildman–Crippen MR) is 78.3 cm³/mol. The number of rotatable bonds is 5. The minimum absolute atomic E-state index is 0.134. The monoisotopic (exact) mass is 348 g/mol. The van der Waals surface area contributed by atoms with Crippen molar-refractivity contribution in [3.63, 3.8) is 0 Å². The van der Waals surface area contributed by atoms with Crippen LogP contribution in [0.5, 0.6) is 0 Å². The van der Waals surface area contributed by atoms with Crippen molar-refractivity contribution in [3.8, 4) is 0 Å². The molecule has 2 aromatic rings. The van der Waals surface area contributed by atoms with Gasteiger partial charge >= 0.3 is 6.18 Å². The summed E-state index contributed by atoms with van der Waals surface area (Å²) in [5, 5.41) is -0.134. The molecule has 0 unspecified atom stereocenters. The van der Waals surface area contributed by atoms with Crippen LogP contribution >= 0.6 is 11.8 Å². The van der Waals surface area contributed by atoms with Gasteiger partial charge in [-0.15, -0.1) is 0 Å². The maximum absolute atomic E-state index is 12.5. The number of alkyl halides is 3. The quantitative estimate of drug-likeness (QED) is 0.667. The van der Waals surface area contributed by atoms with Crippen LogP contribution in [0.4, 0.5) is 13.2 Å². The standard InChI is InChI=1S/C13H11F3N2O2S2/c14-13(15,16)10-8-11(19)18-12(17-10)21-6-7-22(20)9-4-2-1-3-5-9/h1-5,8H,6-7H2,(H,17,18,19)/t22-/m0/s1. The number of nitrogens with zero attached hydrogens (tertiary/aromatic N) is 1. The summed E-state index contributed by atoms with van der Waals surface area (Å²) in [4.78, 5) is 17.4. The molecule has 0 spiro atoms. The van der Waals surface area contributed by atoms with Gasteiger partial charge in [0.25, 0.3) is 5.56 Å². The smallest absolute Gasteiger partial charge is 0.301 e. The molecule has 0 saturated carbocycles. The van der Waals surface area contributed by atoms with Crippen molar-refractivity contribution in [1.29, 1.82) is 0 Å². The Morgan fingerprint density at radius 1 is 1.23 bits per heavy atom. The molecule has 1 aromatic heterocycles. The first-order valence-electron chi connectivity index (χ1n) is 6.11. The molecular weight excluding hydrogens is 337 g/mol. The fourth-order valence-corrected chi connectivity index (χ4v) is 3.72. The normalized spacial score (nSPS) is 13.0. The highest BCUT2D eigenvalue weighted by Gasteiger charge is 2.33. The van der Waals surface area contributed by atoms with E-state index in [4.69, 9.17) is 0 Å². The lowest BCUT2D eigenvalue weighted by Crippen LogP contribution is -2.17. The molecule has 1 heterocycles. The molecule has 118 valence electrons. The van der Waals surface area contributed by atoms with E-state index in [2.05, 4.69) is 9.97 Å². The molecule has 1 aromatic carbocycles. The number of benzene rings is 1. The minimum atomic E-state index is -4.67. The summed E-state index contributed by atoms with van der Waals surface area (Å²) in [6.07, 6.45) is -4.67. The summed E-state index contributed by atoms with van der Waals surface area (Å²) in [6, 6.07) is 9.15. The Morgan fingerprint density at radius 3 is 2.55 bits per heavy atom. The zero-order valence-corrected chi connectivity index (χ0v) is 12.7. The lowest BCUT2D eigenvalue weighted by Gasteiger charge is -2.07. The molecule has 0 aliphatic heterocycles. The van der Waals surface area contributed by atoms with E-state index in [1.807, 2.05) is 0 Å². The van der Waals surface area contributed by atoms with Gasteiger partial charge in [0.05, 0.1) is 10.8 Å². The molecule has 0 fully saturated rings. The van der Waals surface area contributed by atoms with E-state index in [-0.39, 0.29) is 16.7 Å². The zero-order chi connectivity index (χ0) is 16.2. The molecule has 2 rings (SSSR count). The van der Waals surface area contributed by atoms with Gasteiger partial charge in [0.2, 0.25) is 0 Å². The Bertz CT molecular complexity index is 717. The third kappa shape index (κ3) is 4.70. The van der Waals surface area contributed by atoms with Gasteiger partial charge < -0.3 is 4.98 Å².